The van der Waals surface area contributed by atoms with Crippen molar-refractivity contribution in [3.63, 3.8) is 0 Å². The predicted octanol–water partition coefficient (Wildman–Crippen LogP) is 16.6. The number of esters is 3. The normalized spacial score (nSPS) is 18.8. The molecule has 3 N–H and O–H groups in total. The number of aliphatic hydroxyl groups excluding tert-OH is 2. The zero-order valence-electron chi connectivity index (χ0n) is 84.4. The molecule has 0 aromatic heterocycles. The molecule has 0 bridgehead atoms. The fourth-order valence-corrected chi connectivity index (χ4v) is 16.9. The van der Waals surface area contributed by atoms with Crippen LogP contribution in [0, 0.1) is 48.4 Å². The number of benzene rings is 6. The van der Waals surface area contributed by atoms with Crippen LogP contribution in [0.1, 0.15) is 95.6 Å². The second-order valence-electron chi connectivity index (χ2n) is 34.8. The number of halogens is 19. The van der Waals surface area contributed by atoms with Crippen molar-refractivity contribution in [1.29, 1.82) is 0 Å². The predicted molar refractivity (Wildman–Crippen MR) is 534 cm³/mol. The Hall–Kier alpha value is -5.33. The van der Waals surface area contributed by atoms with Gasteiger partial charge in [-0.15, -0.1) is 11.8 Å². The molecule has 6 fully saturated rings. The van der Waals surface area contributed by atoms with Crippen molar-refractivity contribution < 1.29 is 155 Å². The van der Waals surface area contributed by atoms with E-state index in [1.54, 1.807) is 45.6 Å². The van der Waals surface area contributed by atoms with Crippen LogP contribution in [0.2, 0.25) is 19.6 Å². The van der Waals surface area contributed by atoms with Crippen LogP contribution in [0.4, 0.5) is 65.9 Å². The standard InChI is InChI=1S/C19H21F2NO3S.C14H20F2N2.C14H17F2NO2.C13H23NSi.C12H15F2NO.C7H14F2N2.C5H7F3O2.C5H6F2O2.C4H8O.C4H6.CH4O.Al.4ClH.Li.Ti.4H/c1-15-7-9-18(10-8-15)26(23,24)25-13-17-12-22(14-19(17,20)21)11-16-5-3-2-4-6-16;1-17(2)9-13-10-18(11-14(13,15)16)8-12-6-4-3-5-7-12;1-2-19-13(18)12-9-17(10-14(12,15)16)8-11-6-4-3-5-7-11;1-5-14(12-15(2,3)4)11-13-9-7-6-8-10-13;13-12(14)9-15(7-11(12)8-16)6-10-4-2-1-3-5-10;1-11(2)4-6-3-10-5-7(6,8)9;1-2-10-4(9)3-5(6,7)8;1-2-9-5(8)3-4(6)7;1-2-4-5-3-1;1-3-4-2;1-2;;;;;;;;;;;/h2-10,17H,11-14H2,1H3;3-7,13H,8-11H2,1-2H3;3-7,12H,2,8-10H2,1H3;6-10H,5,11-12H2,1-4H3;1-5,11,16H,6-9H2;6,10H,3-5H2,1-2H3;2-3H2,1H3;3H,2H2,1H3;1-4H2;1-2H3;2H,1H3;;4*1H;;;;;;/q;;;;;;;;;;;;;;;;+1;+4;;;;-1/p-4. The largest absolute Gasteiger partial charge is 1.00 e. The molecule has 44 heteroatoms. The summed E-state index contributed by atoms with van der Waals surface area (Å²) in [5.41, 5.74) is 6.36. The van der Waals surface area contributed by atoms with Crippen LogP contribution >= 0.6 is 37.2 Å². The molecular formula is C98H145AlCl4F15LiN8O12SSiTi. The summed E-state index contributed by atoms with van der Waals surface area (Å²) in [6, 6.07) is 54.9. The third-order valence-corrected chi connectivity index (χ3v) is 23.3. The third kappa shape index (κ3) is 63.5. The zero-order chi connectivity index (χ0) is 106. The molecule has 6 heterocycles. The van der Waals surface area contributed by atoms with E-state index in [-0.39, 0.29) is 108 Å². The minimum absolute atomic E-state index is 0. The summed E-state index contributed by atoms with van der Waals surface area (Å²) in [6.07, 6.45) is -4.00. The summed E-state index contributed by atoms with van der Waals surface area (Å²) in [4.78, 5) is 44.7. The van der Waals surface area contributed by atoms with Crippen molar-refractivity contribution in [3.05, 3.63) is 221 Å². The molecule has 20 nitrogen and oxygen atoms in total. The van der Waals surface area contributed by atoms with Crippen molar-refractivity contribution in [3.8, 4) is 11.8 Å². The Bertz CT molecular complexity index is 4570. The number of alkyl halides is 13. The first-order chi connectivity index (χ1) is 65.4. The minimum atomic E-state index is -4.45. The molecule has 6 aromatic rings. The van der Waals surface area contributed by atoms with Gasteiger partial charge in [0.05, 0.1) is 96.6 Å². The molecule has 0 spiro atoms. The van der Waals surface area contributed by atoms with Gasteiger partial charge in [0, 0.05) is 111 Å². The Labute approximate surface area is 874 Å². The first-order valence-electron chi connectivity index (χ1n) is 45.4. The van der Waals surface area contributed by atoms with Gasteiger partial charge in [-0.25, -0.2) is 48.7 Å². The Balaban J connectivity index is -0.00000155. The second-order valence-corrected chi connectivity index (χ2v) is 57.3. The molecule has 0 saturated carbocycles. The number of hydrogen-bond acceptors (Lipinski definition) is 20. The molecule has 6 aromatic carbocycles. The van der Waals surface area contributed by atoms with Gasteiger partial charge >= 0.3 is 92.5 Å². The van der Waals surface area contributed by atoms with Crippen molar-refractivity contribution in [2.24, 2.45) is 29.6 Å². The molecule has 0 aliphatic carbocycles. The number of carbonyl (C=O) groups excluding carboxylic acids is 3. The molecule has 800 valence electrons. The van der Waals surface area contributed by atoms with Crippen molar-refractivity contribution >= 4 is 90.7 Å². The van der Waals surface area contributed by atoms with Gasteiger partial charge in [-0.3, -0.25) is 33.4 Å². The van der Waals surface area contributed by atoms with Crippen LogP contribution in [0.15, 0.2) is 193 Å². The number of ether oxygens (including phenoxy) is 4. The summed E-state index contributed by atoms with van der Waals surface area (Å²) in [5, 5.41) is 18.6. The second kappa shape index (κ2) is 72.2. The van der Waals surface area contributed by atoms with E-state index in [1.807, 2.05) is 180 Å². The van der Waals surface area contributed by atoms with Gasteiger partial charge < -0.3 is 50.6 Å². The van der Waals surface area contributed by atoms with Gasteiger partial charge in [0.25, 0.3) is 45.8 Å². The minimum Gasteiger partial charge on any atom is -1.00 e. The number of aliphatic hydroxyl groups is 2. The van der Waals surface area contributed by atoms with E-state index in [4.69, 9.17) is 61.1 Å². The molecule has 5 atom stereocenters. The first-order valence-corrected chi connectivity index (χ1v) is 59.1. The Kier molecular flexibility index (Phi) is 70.5. The SMILES string of the molecule is C1CCOC1.CC#CC.CCN(Cc1ccccc1)C[Si](C)(C)C.CCOC(=O)C1CN(Cc2ccccc2)CC1(F)F.CCOC(=O)C=C(F)F.CCOC(=O)CC(F)(F)F.CN(C)CC1CN(Cc2ccccc2)CC1(F)F.CN(C)CC1CNCC1(F)F.CO.Cc1ccc(S(=O)(=O)OCC2CN(Cc3ccccc3)CC2(F)F)cc1.OCC1CN(Cc2ccccc2)CC1(F)F.[AlH3].[Cl][Ti]([Cl])([Cl])[Cl].[H-].[Li+]. The van der Waals surface area contributed by atoms with Crippen LogP contribution < -0.4 is 24.2 Å². The fraction of sp³-hybridized carbons (Fsp3) is 0.561. The summed E-state index contributed by atoms with van der Waals surface area (Å²) < 4.78 is 240. The van der Waals surface area contributed by atoms with E-state index in [2.05, 4.69) is 88.4 Å². The number of carbonyl (C=O) groups is 3. The monoisotopic (exact) mass is 2190 g/mol. The maximum Gasteiger partial charge on any atom is 1.00 e. The van der Waals surface area contributed by atoms with Gasteiger partial charge in [-0.05, 0) is 135 Å². The molecule has 0 amide bonds. The van der Waals surface area contributed by atoms with Crippen LogP contribution in [-0.4, -0.2) is 305 Å². The molecule has 12 rings (SSSR count). The summed E-state index contributed by atoms with van der Waals surface area (Å²) in [5.74, 6) is -16.0. The fourth-order valence-electron chi connectivity index (χ4n) is 14.3. The van der Waals surface area contributed by atoms with Gasteiger partial charge in [0.1, 0.15) is 12.3 Å². The molecule has 6 aliphatic heterocycles. The van der Waals surface area contributed by atoms with Crippen LogP contribution in [-0.2, 0) is 92.7 Å². The van der Waals surface area contributed by atoms with Gasteiger partial charge in [0.2, 0.25) is 0 Å². The van der Waals surface area contributed by atoms with Gasteiger partial charge in [-0.2, -0.15) is 30.4 Å². The van der Waals surface area contributed by atoms with Crippen LogP contribution in [0.3, 0.4) is 0 Å². The van der Waals surface area contributed by atoms with Crippen molar-refractivity contribution in [1.82, 2.24) is 39.6 Å². The van der Waals surface area contributed by atoms with E-state index in [9.17, 15) is 88.7 Å². The van der Waals surface area contributed by atoms with Crippen molar-refractivity contribution in [2.45, 2.75) is 161 Å². The molecule has 142 heavy (non-hydrogen) atoms. The summed E-state index contributed by atoms with van der Waals surface area (Å²) in [6.45, 7) is 25.9. The molecule has 0 radical (unpaired) electrons. The molecule has 5 unspecified atom stereocenters. The zero-order valence-corrected chi connectivity index (χ0v) is 89.8. The van der Waals surface area contributed by atoms with Gasteiger partial charge in [-0.1, -0.05) is 196 Å². The van der Waals surface area contributed by atoms with Crippen LogP contribution in [0.5, 0.6) is 0 Å². The average molecular weight is 2200 g/mol. The van der Waals surface area contributed by atoms with E-state index < -0.39 is 153 Å². The first kappa shape index (κ1) is 139. The number of hydrogen-bond donors (Lipinski definition) is 3. The van der Waals surface area contributed by atoms with E-state index in [0.717, 1.165) is 61.2 Å². The number of nitrogens with zero attached hydrogens (tertiary/aromatic N) is 7. The Morgan fingerprint density at radius 2 is 0.915 bits per heavy atom. The van der Waals surface area contributed by atoms with Gasteiger partial charge in [0.15, 0.2) is 17.4 Å². The third-order valence-electron chi connectivity index (χ3n) is 20.6. The Morgan fingerprint density at radius 3 is 1.24 bits per heavy atom. The molecule has 6 saturated heterocycles. The van der Waals surface area contributed by atoms with E-state index >= 15 is 0 Å². The average Bonchev–Trinajstić information content (AvgIpc) is 1.65. The van der Waals surface area contributed by atoms with E-state index in [1.165, 1.54) is 43.6 Å². The maximum absolute atomic E-state index is 14.3. The summed E-state index contributed by atoms with van der Waals surface area (Å²) in [7, 11) is 23.4. The Morgan fingerprint density at radius 1 is 0.556 bits per heavy atom. The van der Waals surface area contributed by atoms with Crippen molar-refractivity contribution in [2.75, 3.05) is 173 Å². The van der Waals surface area contributed by atoms with E-state index in [0.29, 0.717) is 52.4 Å². The maximum atomic E-state index is 14.3. The topological polar surface area (TPSA) is 207 Å². The number of nitrogens with one attached hydrogen (secondary N) is 1. The van der Waals surface area contributed by atoms with Crippen LogP contribution in [0.25, 0.3) is 0 Å². The quantitative estimate of drug-likeness (QED) is 0.00794. The summed E-state index contributed by atoms with van der Waals surface area (Å²) >= 11 is -3.11. The molecular weight excluding hydrogens is 2050 g/mol. The number of rotatable bonds is 28. The smallest absolute Gasteiger partial charge is 1.00 e. The number of likely N-dealkylation sites (tertiary alicyclic amines) is 4. The number of aryl methyl sites for hydroxylation is 1. The molecule has 6 aliphatic rings.